The topological polar surface area (TPSA) is 77.1 Å². The number of hydrogen-bond acceptors (Lipinski definition) is 5. The molecular formula is C28H31ClN2O5. The maximum Gasteiger partial charge on any atom is 0.242 e. The molecule has 0 unspecified atom stereocenters. The molecule has 0 aromatic heterocycles. The van der Waals surface area contributed by atoms with Crippen LogP contribution in [0.3, 0.4) is 0 Å². The Morgan fingerprint density at radius 2 is 1.50 bits per heavy atom. The lowest BCUT2D eigenvalue weighted by atomic mass is 10.1. The SMILES string of the molecule is COc1ccccc1CNC(=O)[C@H](C)N(Cc1ccc(Cl)cc1)C(=O)Cc1ccc(OC)c(OC)c1. The lowest BCUT2D eigenvalue weighted by Crippen LogP contribution is -2.48. The smallest absolute Gasteiger partial charge is 0.242 e. The van der Waals surface area contributed by atoms with Crippen molar-refractivity contribution in [2.45, 2.75) is 32.5 Å². The molecule has 0 heterocycles. The van der Waals surface area contributed by atoms with Crippen LogP contribution in [-0.4, -0.2) is 44.1 Å². The number of ether oxygens (including phenoxy) is 3. The highest BCUT2D eigenvalue weighted by Crippen LogP contribution is 2.28. The van der Waals surface area contributed by atoms with E-state index >= 15 is 0 Å². The van der Waals surface area contributed by atoms with E-state index in [9.17, 15) is 9.59 Å². The molecule has 0 saturated carbocycles. The van der Waals surface area contributed by atoms with Gasteiger partial charge in [0.25, 0.3) is 0 Å². The Balaban J connectivity index is 1.79. The lowest BCUT2D eigenvalue weighted by molar-refractivity contribution is -0.140. The quantitative estimate of drug-likeness (QED) is 0.406. The Kier molecular flexibility index (Phi) is 9.59. The van der Waals surface area contributed by atoms with Crippen LogP contribution >= 0.6 is 11.6 Å². The first-order valence-electron chi connectivity index (χ1n) is 11.5. The Morgan fingerprint density at radius 3 is 2.17 bits per heavy atom. The van der Waals surface area contributed by atoms with Gasteiger partial charge < -0.3 is 24.4 Å². The number of methoxy groups -OCH3 is 3. The molecule has 0 aliphatic carbocycles. The molecule has 7 nitrogen and oxygen atoms in total. The number of para-hydroxylation sites is 1. The average molecular weight is 511 g/mol. The number of amides is 2. The van der Waals surface area contributed by atoms with Gasteiger partial charge in [0.05, 0.1) is 27.8 Å². The number of benzene rings is 3. The minimum atomic E-state index is -0.719. The summed E-state index contributed by atoms with van der Waals surface area (Å²) in [6.45, 7) is 2.26. The van der Waals surface area contributed by atoms with E-state index in [0.717, 1.165) is 16.7 Å². The second-order valence-electron chi connectivity index (χ2n) is 8.22. The predicted octanol–water partition coefficient (Wildman–Crippen LogP) is 4.64. The number of halogens is 1. The van der Waals surface area contributed by atoms with E-state index in [0.29, 0.717) is 22.3 Å². The van der Waals surface area contributed by atoms with Crippen LogP contribution in [0.4, 0.5) is 0 Å². The third-order valence-electron chi connectivity index (χ3n) is 5.88. The van der Waals surface area contributed by atoms with Crippen molar-refractivity contribution < 1.29 is 23.8 Å². The second kappa shape index (κ2) is 12.8. The minimum Gasteiger partial charge on any atom is -0.496 e. The number of carbonyl (C=O) groups excluding carboxylic acids is 2. The summed E-state index contributed by atoms with van der Waals surface area (Å²) in [6.07, 6.45) is 0.0953. The number of hydrogen-bond donors (Lipinski definition) is 1. The molecule has 0 aliphatic rings. The molecular weight excluding hydrogens is 480 g/mol. The van der Waals surface area contributed by atoms with Crippen molar-refractivity contribution in [3.8, 4) is 17.2 Å². The maximum absolute atomic E-state index is 13.5. The highest BCUT2D eigenvalue weighted by atomic mass is 35.5. The maximum atomic E-state index is 13.5. The standard InChI is InChI=1S/C28H31ClN2O5/c1-19(28(33)30-17-22-7-5-6-8-24(22)34-2)31(18-20-9-12-23(29)13-10-20)27(32)16-21-11-14-25(35-3)26(15-21)36-4/h5-15,19H,16-18H2,1-4H3,(H,30,33)/t19-/m0/s1. The first-order valence-corrected chi connectivity index (χ1v) is 11.9. The van der Waals surface area contributed by atoms with Crippen LogP contribution in [0.5, 0.6) is 17.2 Å². The minimum absolute atomic E-state index is 0.0953. The summed E-state index contributed by atoms with van der Waals surface area (Å²) >= 11 is 6.03. The first-order chi connectivity index (χ1) is 17.4. The third-order valence-corrected chi connectivity index (χ3v) is 6.13. The molecule has 1 N–H and O–H groups in total. The molecule has 0 saturated heterocycles. The van der Waals surface area contributed by atoms with Gasteiger partial charge in [0.2, 0.25) is 11.8 Å². The van der Waals surface area contributed by atoms with Gasteiger partial charge in [-0.05, 0) is 48.4 Å². The Bertz CT molecular complexity index is 1180. The molecule has 0 fully saturated rings. The number of carbonyl (C=O) groups is 2. The number of nitrogens with one attached hydrogen (secondary N) is 1. The van der Waals surface area contributed by atoms with E-state index in [1.54, 1.807) is 57.4 Å². The van der Waals surface area contributed by atoms with Gasteiger partial charge in [-0.1, -0.05) is 48.0 Å². The second-order valence-corrected chi connectivity index (χ2v) is 8.66. The van der Waals surface area contributed by atoms with Gasteiger partial charge in [0.15, 0.2) is 11.5 Å². The fourth-order valence-electron chi connectivity index (χ4n) is 3.81. The van der Waals surface area contributed by atoms with Gasteiger partial charge in [-0.25, -0.2) is 0 Å². The Hall–Kier alpha value is -3.71. The molecule has 3 rings (SSSR count). The van der Waals surface area contributed by atoms with E-state index < -0.39 is 6.04 Å². The van der Waals surface area contributed by atoms with Crippen molar-refractivity contribution in [1.82, 2.24) is 10.2 Å². The van der Waals surface area contributed by atoms with Gasteiger partial charge in [-0.3, -0.25) is 9.59 Å². The fraction of sp³-hybridized carbons (Fsp3) is 0.286. The molecule has 8 heteroatoms. The molecule has 1 atom stereocenters. The van der Waals surface area contributed by atoms with E-state index in [-0.39, 0.29) is 31.3 Å². The molecule has 3 aromatic carbocycles. The molecule has 2 amide bonds. The van der Waals surface area contributed by atoms with Gasteiger partial charge >= 0.3 is 0 Å². The van der Waals surface area contributed by atoms with Crippen molar-refractivity contribution in [2.75, 3.05) is 21.3 Å². The van der Waals surface area contributed by atoms with Crippen LogP contribution < -0.4 is 19.5 Å². The lowest BCUT2D eigenvalue weighted by Gasteiger charge is -2.29. The third kappa shape index (κ3) is 6.92. The Labute approximate surface area is 216 Å². The molecule has 0 spiro atoms. The zero-order chi connectivity index (χ0) is 26.1. The van der Waals surface area contributed by atoms with Crippen molar-refractivity contribution in [3.05, 3.63) is 88.4 Å². The zero-order valence-corrected chi connectivity index (χ0v) is 21.7. The normalized spacial score (nSPS) is 11.4. The summed E-state index contributed by atoms with van der Waals surface area (Å²) in [5, 5.41) is 3.53. The van der Waals surface area contributed by atoms with Crippen LogP contribution in [0.1, 0.15) is 23.6 Å². The molecule has 0 radical (unpaired) electrons. The molecule has 3 aromatic rings. The molecule has 0 bridgehead atoms. The van der Waals surface area contributed by atoms with Gasteiger partial charge in [0, 0.05) is 23.7 Å². The summed E-state index contributed by atoms with van der Waals surface area (Å²) in [4.78, 5) is 28.2. The van der Waals surface area contributed by atoms with Gasteiger partial charge in [-0.2, -0.15) is 0 Å². The number of nitrogens with zero attached hydrogens (tertiary/aromatic N) is 1. The van der Waals surface area contributed by atoms with E-state index in [4.69, 9.17) is 25.8 Å². The summed E-state index contributed by atoms with van der Waals surface area (Å²) in [7, 11) is 4.69. The van der Waals surface area contributed by atoms with Crippen LogP contribution in [0.15, 0.2) is 66.7 Å². The Morgan fingerprint density at radius 1 is 0.861 bits per heavy atom. The van der Waals surface area contributed by atoms with E-state index in [1.165, 1.54) is 0 Å². The zero-order valence-electron chi connectivity index (χ0n) is 20.9. The summed E-state index contributed by atoms with van der Waals surface area (Å²) < 4.78 is 16.0. The van der Waals surface area contributed by atoms with Crippen LogP contribution in [0.2, 0.25) is 5.02 Å². The van der Waals surface area contributed by atoms with Crippen molar-refractivity contribution >= 4 is 23.4 Å². The van der Waals surface area contributed by atoms with Gasteiger partial charge in [-0.15, -0.1) is 0 Å². The average Bonchev–Trinajstić information content (AvgIpc) is 2.90. The highest BCUT2D eigenvalue weighted by Gasteiger charge is 2.26. The van der Waals surface area contributed by atoms with Crippen molar-refractivity contribution in [2.24, 2.45) is 0 Å². The molecule has 0 aliphatic heterocycles. The summed E-state index contributed by atoms with van der Waals surface area (Å²) in [5.41, 5.74) is 2.46. The largest absolute Gasteiger partial charge is 0.496 e. The van der Waals surface area contributed by atoms with Crippen molar-refractivity contribution in [1.29, 1.82) is 0 Å². The summed E-state index contributed by atoms with van der Waals surface area (Å²) in [6, 6.07) is 19.3. The molecule has 190 valence electrons. The van der Waals surface area contributed by atoms with Crippen LogP contribution in [0.25, 0.3) is 0 Å². The highest BCUT2D eigenvalue weighted by molar-refractivity contribution is 6.30. The van der Waals surface area contributed by atoms with Crippen LogP contribution in [0, 0.1) is 0 Å². The first kappa shape index (κ1) is 26.9. The fourth-order valence-corrected chi connectivity index (χ4v) is 3.94. The van der Waals surface area contributed by atoms with E-state index in [2.05, 4.69) is 5.32 Å². The monoisotopic (exact) mass is 510 g/mol. The summed E-state index contributed by atoms with van der Waals surface area (Å²) in [5.74, 6) is 1.34. The van der Waals surface area contributed by atoms with E-state index in [1.807, 2.05) is 42.5 Å². The van der Waals surface area contributed by atoms with Crippen molar-refractivity contribution in [3.63, 3.8) is 0 Å². The van der Waals surface area contributed by atoms with Crippen LogP contribution in [-0.2, 0) is 29.1 Å². The number of rotatable bonds is 11. The predicted molar refractivity (Wildman–Crippen MR) is 140 cm³/mol. The van der Waals surface area contributed by atoms with Gasteiger partial charge in [0.1, 0.15) is 11.8 Å². The molecule has 36 heavy (non-hydrogen) atoms.